The molecule has 0 spiro atoms. The van der Waals surface area contributed by atoms with E-state index in [9.17, 15) is 4.79 Å². The summed E-state index contributed by atoms with van der Waals surface area (Å²) in [5.41, 5.74) is 0. The minimum absolute atomic E-state index is 0.0265. The molecule has 0 radical (unpaired) electrons. The van der Waals surface area contributed by atoms with Crippen molar-refractivity contribution in [3.8, 4) is 0 Å². The Bertz CT molecular complexity index is 594. The van der Waals surface area contributed by atoms with Gasteiger partial charge in [0.1, 0.15) is 10.8 Å². The molecule has 2 rings (SSSR count). The van der Waals surface area contributed by atoms with Gasteiger partial charge < -0.3 is 9.73 Å². The summed E-state index contributed by atoms with van der Waals surface area (Å²) in [6.45, 7) is 4.51. The Morgan fingerprint density at radius 3 is 2.73 bits per heavy atom. The molecule has 0 bridgehead atoms. The van der Waals surface area contributed by atoms with E-state index in [1.54, 1.807) is 6.26 Å². The highest BCUT2D eigenvalue weighted by atomic mass is 32.1. The Labute approximate surface area is 133 Å². The van der Waals surface area contributed by atoms with Gasteiger partial charge in [0.25, 0.3) is 0 Å². The summed E-state index contributed by atoms with van der Waals surface area (Å²) in [6, 6.07) is 3.40. The van der Waals surface area contributed by atoms with E-state index in [0.29, 0.717) is 17.6 Å². The number of likely N-dealkylation sites (N-methyl/N-ethyl adjacent to an activating group) is 1. The number of nitrogens with one attached hydrogen (secondary N) is 2. The molecule has 2 aromatic rings. The lowest BCUT2D eigenvalue weighted by molar-refractivity contribution is 0.233. The first kappa shape index (κ1) is 16.4. The lowest BCUT2D eigenvalue weighted by Crippen LogP contribution is -2.36. The van der Waals surface area contributed by atoms with Crippen LogP contribution in [0.25, 0.3) is 0 Å². The fraction of sp³-hybridized carbons (Fsp3) is 0.500. The maximum Gasteiger partial charge on any atom is 0.321 e. The quantitative estimate of drug-likeness (QED) is 0.854. The summed E-state index contributed by atoms with van der Waals surface area (Å²) in [5, 5.41) is 14.9. The molecular weight excluding hydrogens is 302 g/mol. The van der Waals surface area contributed by atoms with Gasteiger partial charge in [-0.05, 0) is 26.2 Å². The van der Waals surface area contributed by atoms with Crippen molar-refractivity contribution in [1.29, 1.82) is 0 Å². The van der Waals surface area contributed by atoms with Crippen LogP contribution in [0.2, 0.25) is 0 Å². The summed E-state index contributed by atoms with van der Waals surface area (Å²) in [5.74, 6) is 1.11. The fourth-order valence-corrected chi connectivity index (χ4v) is 2.61. The van der Waals surface area contributed by atoms with Crippen LogP contribution in [0.4, 0.5) is 9.93 Å². The molecule has 0 aliphatic rings. The van der Waals surface area contributed by atoms with E-state index < -0.39 is 0 Å². The van der Waals surface area contributed by atoms with E-state index in [2.05, 4.69) is 20.8 Å². The molecule has 120 valence electrons. The molecule has 2 heterocycles. The second-order valence-electron chi connectivity index (χ2n) is 5.43. The van der Waals surface area contributed by atoms with Crippen molar-refractivity contribution in [3.05, 3.63) is 29.2 Å². The highest BCUT2D eigenvalue weighted by Gasteiger charge is 2.18. The number of nitrogens with zero attached hydrogens (tertiary/aromatic N) is 3. The molecule has 1 atom stereocenters. The van der Waals surface area contributed by atoms with Crippen LogP contribution in [-0.4, -0.2) is 41.8 Å². The molecule has 0 fully saturated rings. The van der Waals surface area contributed by atoms with Gasteiger partial charge in [0, 0.05) is 12.5 Å². The van der Waals surface area contributed by atoms with Crippen LogP contribution >= 0.6 is 11.3 Å². The van der Waals surface area contributed by atoms with Crippen LogP contribution in [0, 0.1) is 0 Å². The van der Waals surface area contributed by atoms with Crippen molar-refractivity contribution in [2.75, 3.05) is 26.0 Å². The van der Waals surface area contributed by atoms with Gasteiger partial charge >= 0.3 is 6.03 Å². The average Bonchev–Trinajstić information content (AvgIpc) is 3.09. The van der Waals surface area contributed by atoms with Crippen molar-refractivity contribution in [2.45, 2.75) is 25.8 Å². The topological polar surface area (TPSA) is 83.3 Å². The SMILES string of the molecule is CC(C)c1nnc(NC(=O)NC[C@@H](c2ccco2)N(C)C)s1. The van der Waals surface area contributed by atoms with E-state index in [0.717, 1.165) is 10.8 Å². The number of aromatic nitrogens is 2. The van der Waals surface area contributed by atoms with E-state index in [-0.39, 0.29) is 12.1 Å². The van der Waals surface area contributed by atoms with Gasteiger partial charge in [-0.2, -0.15) is 0 Å². The van der Waals surface area contributed by atoms with Gasteiger partial charge in [-0.3, -0.25) is 10.2 Å². The lowest BCUT2D eigenvalue weighted by atomic mass is 10.2. The number of furan rings is 1. The molecule has 7 nitrogen and oxygen atoms in total. The lowest BCUT2D eigenvalue weighted by Gasteiger charge is -2.22. The zero-order valence-corrected chi connectivity index (χ0v) is 14.0. The standard InChI is InChI=1S/C14H21N5O2S/c1-9(2)12-17-18-14(22-12)16-13(20)15-8-10(19(3)4)11-6-5-7-21-11/h5-7,9-10H,8H2,1-4H3,(H2,15,16,18,20)/t10-/m0/s1. The predicted molar refractivity (Wildman–Crippen MR) is 86.2 cm³/mol. The molecule has 2 amide bonds. The van der Waals surface area contributed by atoms with Crippen molar-refractivity contribution in [2.24, 2.45) is 0 Å². The van der Waals surface area contributed by atoms with Crippen LogP contribution in [0.1, 0.15) is 36.6 Å². The molecular formula is C14H21N5O2S. The van der Waals surface area contributed by atoms with Crippen molar-refractivity contribution >= 4 is 22.5 Å². The third kappa shape index (κ3) is 4.28. The van der Waals surface area contributed by atoms with Gasteiger partial charge in [-0.15, -0.1) is 10.2 Å². The smallest absolute Gasteiger partial charge is 0.321 e. The summed E-state index contributed by atoms with van der Waals surface area (Å²) in [4.78, 5) is 13.9. The number of amides is 2. The third-order valence-electron chi connectivity index (χ3n) is 3.11. The van der Waals surface area contributed by atoms with E-state index in [1.807, 2.05) is 45.0 Å². The molecule has 0 saturated carbocycles. The van der Waals surface area contributed by atoms with E-state index in [4.69, 9.17) is 4.42 Å². The first-order chi connectivity index (χ1) is 10.5. The number of urea groups is 1. The van der Waals surface area contributed by atoms with Crippen LogP contribution in [0.15, 0.2) is 22.8 Å². The molecule has 8 heteroatoms. The van der Waals surface area contributed by atoms with E-state index in [1.165, 1.54) is 11.3 Å². The molecule has 2 N–H and O–H groups in total. The molecule has 0 aliphatic carbocycles. The van der Waals surface area contributed by atoms with Crippen molar-refractivity contribution in [3.63, 3.8) is 0 Å². The van der Waals surface area contributed by atoms with Gasteiger partial charge in [-0.25, -0.2) is 4.79 Å². The first-order valence-corrected chi connectivity index (χ1v) is 7.87. The summed E-state index contributed by atoms with van der Waals surface area (Å²) in [6.07, 6.45) is 1.63. The normalized spacial score (nSPS) is 12.6. The van der Waals surface area contributed by atoms with Crippen LogP contribution in [0.3, 0.4) is 0 Å². The van der Waals surface area contributed by atoms with Gasteiger partial charge in [-0.1, -0.05) is 25.2 Å². The Kier molecular flexibility index (Phi) is 5.51. The average molecular weight is 323 g/mol. The predicted octanol–water partition coefficient (Wildman–Crippen LogP) is 2.68. The highest BCUT2D eigenvalue weighted by molar-refractivity contribution is 7.15. The summed E-state index contributed by atoms with van der Waals surface area (Å²) < 4.78 is 5.40. The number of carbonyl (C=O) groups is 1. The minimum Gasteiger partial charge on any atom is -0.468 e. The van der Waals surface area contributed by atoms with Crippen molar-refractivity contribution in [1.82, 2.24) is 20.4 Å². The monoisotopic (exact) mass is 323 g/mol. The highest BCUT2D eigenvalue weighted by Crippen LogP contribution is 2.22. The number of hydrogen-bond donors (Lipinski definition) is 2. The molecule has 0 unspecified atom stereocenters. The first-order valence-electron chi connectivity index (χ1n) is 7.05. The number of hydrogen-bond acceptors (Lipinski definition) is 6. The van der Waals surface area contributed by atoms with Gasteiger partial charge in [0.2, 0.25) is 5.13 Å². The zero-order valence-electron chi connectivity index (χ0n) is 13.2. The Morgan fingerprint density at radius 1 is 1.41 bits per heavy atom. The summed E-state index contributed by atoms with van der Waals surface area (Å²) >= 11 is 1.38. The van der Waals surface area contributed by atoms with Crippen LogP contribution in [-0.2, 0) is 0 Å². The largest absolute Gasteiger partial charge is 0.468 e. The van der Waals surface area contributed by atoms with Crippen LogP contribution < -0.4 is 10.6 Å². The minimum atomic E-state index is -0.301. The fourth-order valence-electron chi connectivity index (χ4n) is 1.87. The van der Waals surface area contributed by atoms with Gasteiger partial charge in [0.05, 0.1) is 12.3 Å². The number of anilines is 1. The molecule has 22 heavy (non-hydrogen) atoms. The van der Waals surface area contributed by atoms with Crippen molar-refractivity contribution < 1.29 is 9.21 Å². The third-order valence-corrected chi connectivity index (χ3v) is 4.25. The second kappa shape index (κ2) is 7.37. The Hall–Kier alpha value is -1.93. The van der Waals surface area contributed by atoms with Gasteiger partial charge in [0.15, 0.2) is 0 Å². The second-order valence-corrected chi connectivity index (χ2v) is 6.44. The van der Waals surface area contributed by atoms with Crippen LogP contribution in [0.5, 0.6) is 0 Å². The summed E-state index contributed by atoms with van der Waals surface area (Å²) in [7, 11) is 3.87. The molecule has 0 saturated heterocycles. The maximum absolute atomic E-state index is 12.0. The zero-order chi connectivity index (χ0) is 16.1. The molecule has 0 aromatic carbocycles. The Balaban J connectivity index is 1.88. The Morgan fingerprint density at radius 2 is 2.18 bits per heavy atom. The molecule has 0 aliphatic heterocycles. The number of rotatable bonds is 6. The maximum atomic E-state index is 12.0. The molecule has 2 aromatic heterocycles. The van der Waals surface area contributed by atoms with E-state index >= 15 is 0 Å². The number of carbonyl (C=O) groups excluding carboxylic acids is 1.